The molecule has 1 aromatic heterocycles. The zero-order chi connectivity index (χ0) is 9.68. The molecule has 0 saturated heterocycles. The van der Waals surface area contributed by atoms with E-state index in [1.54, 1.807) is 11.2 Å². The number of hydrogen-bond acceptors (Lipinski definition) is 4. The summed E-state index contributed by atoms with van der Waals surface area (Å²) < 4.78 is 5.21. The fourth-order valence-corrected chi connectivity index (χ4v) is 0.938. The minimum absolute atomic E-state index is 0.500. The van der Waals surface area contributed by atoms with Crippen LogP contribution in [0.25, 0.3) is 0 Å². The molecule has 13 heavy (non-hydrogen) atoms. The molecule has 0 aliphatic carbocycles. The Kier molecular flexibility index (Phi) is 3.35. The Labute approximate surface area is 77.9 Å². The zero-order valence-electron chi connectivity index (χ0n) is 7.87. The predicted molar refractivity (Wildman–Crippen MR) is 51.4 cm³/mol. The first kappa shape index (κ1) is 9.62. The molecule has 1 aromatic rings. The number of oxazole rings is 1. The van der Waals surface area contributed by atoms with Crippen LogP contribution in [-0.2, 0) is 6.54 Å². The monoisotopic (exact) mass is 179 g/mol. The van der Waals surface area contributed by atoms with Crippen molar-refractivity contribution in [2.45, 2.75) is 6.54 Å². The number of aromatic nitrogens is 1. The number of nitrogens with one attached hydrogen (secondary N) is 1. The van der Waals surface area contributed by atoms with E-state index in [-0.39, 0.29) is 0 Å². The minimum atomic E-state index is 0.500. The van der Waals surface area contributed by atoms with Gasteiger partial charge >= 0.3 is 0 Å². The van der Waals surface area contributed by atoms with E-state index >= 15 is 0 Å². The SMILES string of the molecule is C#CCN(C)c1nc(CNC)co1. The van der Waals surface area contributed by atoms with Crippen LogP contribution in [0.1, 0.15) is 5.69 Å². The zero-order valence-corrected chi connectivity index (χ0v) is 7.87. The minimum Gasteiger partial charge on any atom is -0.432 e. The second-order valence-electron chi connectivity index (χ2n) is 2.71. The molecule has 4 nitrogen and oxygen atoms in total. The molecule has 70 valence electrons. The van der Waals surface area contributed by atoms with Crippen LogP contribution in [0, 0.1) is 12.3 Å². The van der Waals surface area contributed by atoms with E-state index in [1.807, 2.05) is 14.1 Å². The molecule has 0 fully saturated rings. The first-order valence-electron chi connectivity index (χ1n) is 4.01. The molecule has 0 aliphatic rings. The van der Waals surface area contributed by atoms with Crippen molar-refractivity contribution in [3.63, 3.8) is 0 Å². The lowest BCUT2D eigenvalue weighted by Crippen LogP contribution is -2.17. The Bertz CT molecular complexity index is 300. The molecular formula is C9H13N3O. The molecule has 0 aliphatic heterocycles. The van der Waals surface area contributed by atoms with Crippen LogP contribution < -0.4 is 10.2 Å². The van der Waals surface area contributed by atoms with Crippen molar-refractivity contribution in [1.82, 2.24) is 10.3 Å². The molecule has 0 saturated carbocycles. The standard InChI is InChI=1S/C9H13N3O/c1-4-5-12(3)9-11-8(6-10-2)7-13-9/h1,7,10H,5-6H2,2-3H3. The summed E-state index contributed by atoms with van der Waals surface area (Å²) >= 11 is 0. The highest BCUT2D eigenvalue weighted by atomic mass is 16.4. The summed E-state index contributed by atoms with van der Waals surface area (Å²) in [5.41, 5.74) is 0.876. The van der Waals surface area contributed by atoms with Crippen LogP contribution >= 0.6 is 0 Å². The van der Waals surface area contributed by atoms with Gasteiger partial charge in [-0.05, 0) is 7.05 Å². The first-order chi connectivity index (χ1) is 6.27. The van der Waals surface area contributed by atoms with E-state index in [0.29, 0.717) is 19.1 Å². The number of terminal acetylenes is 1. The lowest BCUT2D eigenvalue weighted by atomic mass is 10.5. The largest absolute Gasteiger partial charge is 0.432 e. The second kappa shape index (κ2) is 4.53. The smallest absolute Gasteiger partial charge is 0.297 e. The molecule has 0 aromatic carbocycles. The second-order valence-corrected chi connectivity index (χ2v) is 2.71. The van der Waals surface area contributed by atoms with Gasteiger partial charge in [-0.15, -0.1) is 6.42 Å². The van der Waals surface area contributed by atoms with Gasteiger partial charge in [-0.2, -0.15) is 4.98 Å². The van der Waals surface area contributed by atoms with Crippen LogP contribution in [0.4, 0.5) is 6.01 Å². The van der Waals surface area contributed by atoms with E-state index < -0.39 is 0 Å². The molecule has 1 rings (SSSR count). The molecule has 0 radical (unpaired) electrons. The van der Waals surface area contributed by atoms with Crippen LogP contribution in [-0.4, -0.2) is 25.6 Å². The third-order valence-corrected chi connectivity index (χ3v) is 1.55. The summed E-state index contributed by atoms with van der Waals surface area (Å²) in [6.07, 6.45) is 6.78. The molecule has 4 heteroatoms. The van der Waals surface area contributed by atoms with Gasteiger partial charge in [0.15, 0.2) is 0 Å². The van der Waals surface area contributed by atoms with Gasteiger partial charge in [-0.25, -0.2) is 0 Å². The third-order valence-electron chi connectivity index (χ3n) is 1.55. The van der Waals surface area contributed by atoms with Crippen molar-refractivity contribution in [1.29, 1.82) is 0 Å². The van der Waals surface area contributed by atoms with Crippen molar-refractivity contribution in [3.05, 3.63) is 12.0 Å². The Morgan fingerprint density at radius 1 is 1.77 bits per heavy atom. The number of rotatable bonds is 4. The Hall–Kier alpha value is -1.47. The highest BCUT2D eigenvalue weighted by Crippen LogP contribution is 2.10. The number of nitrogens with zero attached hydrogens (tertiary/aromatic N) is 2. The van der Waals surface area contributed by atoms with Gasteiger partial charge in [0.1, 0.15) is 6.26 Å². The molecule has 0 unspecified atom stereocenters. The summed E-state index contributed by atoms with van der Waals surface area (Å²) in [5.74, 6) is 2.52. The third kappa shape index (κ3) is 2.49. The maximum atomic E-state index is 5.21. The van der Waals surface area contributed by atoms with Crippen molar-refractivity contribution in [2.24, 2.45) is 0 Å². The number of hydrogen-bond donors (Lipinski definition) is 1. The highest BCUT2D eigenvalue weighted by Gasteiger charge is 2.06. The summed E-state index contributed by atoms with van der Waals surface area (Å²) in [4.78, 5) is 6.00. The quantitative estimate of drug-likeness (QED) is 0.682. The van der Waals surface area contributed by atoms with E-state index in [2.05, 4.69) is 16.2 Å². The Morgan fingerprint density at radius 2 is 2.54 bits per heavy atom. The fraction of sp³-hybridized carbons (Fsp3) is 0.444. The highest BCUT2D eigenvalue weighted by molar-refractivity contribution is 5.27. The van der Waals surface area contributed by atoms with Gasteiger partial charge < -0.3 is 14.6 Å². The van der Waals surface area contributed by atoms with Crippen molar-refractivity contribution in [2.75, 3.05) is 25.5 Å². The Balaban J connectivity index is 2.63. The lowest BCUT2D eigenvalue weighted by Gasteiger charge is -2.08. The molecule has 0 amide bonds. The van der Waals surface area contributed by atoms with Crippen LogP contribution in [0.3, 0.4) is 0 Å². The van der Waals surface area contributed by atoms with Crippen LogP contribution in [0.15, 0.2) is 10.7 Å². The van der Waals surface area contributed by atoms with E-state index in [1.165, 1.54) is 0 Å². The maximum absolute atomic E-state index is 5.21. The average Bonchev–Trinajstić information content (AvgIpc) is 2.54. The van der Waals surface area contributed by atoms with Crippen molar-refractivity contribution >= 4 is 6.01 Å². The van der Waals surface area contributed by atoms with Crippen molar-refractivity contribution in [3.8, 4) is 12.3 Å². The van der Waals surface area contributed by atoms with Crippen LogP contribution in [0.2, 0.25) is 0 Å². The average molecular weight is 179 g/mol. The molecule has 0 spiro atoms. The summed E-state index contributed by atoms with van der Waals surface area (Å²) in [6, 6.07) is 0.559. The lowest BCUT2D eigenvalue weighted by molar-refractivity contribution is 0.550. The molecule has 0 bridgehead atoms. The topological polar surface area (TPSA) is 41.3 Å². The number of anilines is 1. The van der Waals surface area contributed by atoms with Gasteiger partial charge in [0, 0.05) is 13.6 Å². The molecule has 1 heterocycles. The van der Waals surface area contributed by atoms with Gasteiger partial charge in [0.2, 0.25) is 0 Å². The van der Waals surface area contributed by atoms with Crippen LogP contribution in [0.5, 0.6) is 0 Å². The first-order valence-corrected chi connectivity index (χ1v) is 4.01. The van der Waals surface area contributed by atoms with E-state index in [0.717, 1.165) is 5.69 Å². The van der Waals surface area contributed by atoms with Gasteiger partial charge in [0.25, 0.3) is 6.01 Å². The van der Waals surface area contributed by atoms with E-state index in [9.17, 15) is 0 Å². The van der Waals surface area contributed by atoms with Crippen molar-refractivity contribution < 1.29 is 4.42 Å². The summed E-state index contributed by atoms with van der Waals surface area (Å²) in [7, 11) is 3.70. The van der Waals surface area contributed by atoms with Gasteiger partial charge in [-0.1, -0.05) is 5.92 Å². The Morgan fingerprint density at radius 3 is 3.15 bits per heavy atom. The molecule has 0 atom stereocenters. The maximum Gasteiger partial charge on any atom is 0.297 e. The van der Waals surface area contributed by atoms with Gasteiger partial charge in [0.05, 0.1) is 12.2 Å². The van der Waals surface area contributed by atoms with E-state index in [4.69, 9.17) is 10.8 Å². The fourth-order valence-electron chi connectivity index (χ4n) is 0.938. The normalized spacial score (nSPS) is 9.62. The predicted octanol–water partition coefficient (Wildman–Crippen LogP) is 0.463. The summed E-state index contributed by atoms with van der Waals surface area (Å²) in [5, 5.41) is 2.99. The molecule has 1 N–H and O–H groups in total. The molecular weight excluding hydrogens is 166 g/mol. The van der Waals surface area contributed by atoms with Gasteiger partial charge in [-0.3, -0.25) is 0 Å². The summed E-state index contributed by atoms with van der Waals surface area (Å²) in [6.45, 7) is 1.20.